The molecule has 3 aromatic rings. The zero-order valence-electron chi connectivity index (χ0n) is 12.9. The fraction of sp³-hybridized carbons (Fsp3) is 0.250. The molecule has 0 aliphatic heterocycles. The standard InChI is InChI=1S/C16H17N5OS2/c17-16-21-20-13(24-16)7-4-8-18-15(22)12-10-23-14(19-12)9-11-5-2-1-3-6-11/h1-3,5-6,10H,4,7-9H2,(H2,17,21)(H,18,22). The van der Waals surface area contributed by atoms with Crippen molar-refractivity contribution < 1.29 is 4.79 Å². The predicted molar refractivity (Wildman–Crippen MR) is 96.3 cm³/mol. The van der Waals surface area contributed by atoms with Crippen LogP contribution >= 0.6 is 22.7 Å². The minimum Gasteiger partial charge on any atom is -0.374 e. The van der Waals surface area contributed by atoms with Crippen LogP contribution in [0.4, 0.5) is 5.13 Å². The molecule has 0 atom stereocenters. The van der Waals surface area contributed by atoms with E-state index in [1.807, 2.05) is 18.2 Å². The van der Waals surface area contributed by atoms with E-state index in [1.54, 1.807) is 5.38 Å². The highest BCUT2D eigenvalue weighted by atomic mass is 32.1. The second-order valence-electron chi connectivity index (χ2n) is 5.18. The Morgan fingerprint density at radius 1 is 1.17 bits per heavy atom. The smallest absolute Gasteiger partial charge is 0.270 e. The number of amides is 1. The second-order valence-corrected chi connectivity index (χ2v) is 7.22. The first-order valence-corrected chi connectivity index (χ1v) is 9.25. The lowest BCUT2D eigenvalue weighted by molar-refractivity contribution is 0.0949. The number of benzene rings is 1. The monoisotopic (exact) mass is 359 g/mol. The van der Waals surface area contributed by atoms with E-state index in [2.05, 4.69) is 32.6 Å². The van der Waals surface area contributed by atoms with Crippen LogP contribution in [0.15, 0.2) is 35.7 Å². The van der Waals surface area contributed by atoms with Crippen molar-refractivity contribution in [2.45, 2.75) is 19.3 Å². The minimum absolute atomic E-state index is 0.137. The van der Waals surface area contributed by atoms with E-state index >= 15 is 0 Å². The molecule has 124 valence electrons. The average Bonchev–Trinajstić information content (AvgIpc) is 3.21. The third kappa shape index (κ3) is 4.59. The lowest BCUT2D eigenvalue weighted by Crippen LogP contribution is -2.25. The van der Waals surface area contributed by atoms with Crippen LogP contribution in [0.3, 0.4) is 0 Å². The van der Waals surface area contributed by atoms with Crippen LogP contribution in [0.25, 0.3) is 0 Å². The minimum atomic E-state index is -0.137. The highest BCUT2D eigenvalue weighted by Crippen LogP contribution is 2.15. The maximum atomic E-state index is 12.1. The molecule has 8 heteroatoms. The van der Waals surface area contributed by atoms with E-state index in [1.165, 1.54) is 28.2 Å². The molecule has 0 spiro atoms. The maximum Gasteiger partial charge on any atom is 0.270 e. The number of hydrogen-bond donors (Lipinski definition) is 2. The van der Waals surface area contributed by atoms with Crippen LogP contribution in [0.2, 0.25) is 0 Å². The van der Waals surface area contributed by atoms with Gasteiger partial charge in [-0.05, 0) is 12.0 Å². The van der Waals surface area contributed by atoms with Gasteiger partial charge < -0.3 is 11.1 Å². The van der Waals surface area contributed by atoms with Crippen molar-refractivity contribution in [1.29, 1.82) is 0 Å². The van der Waals surface area contributed by atoms with Crippen LogP contribution in [0.1, 0.15) is 32.5 Å². The molecule has 0 saturated carbocycles. The van der Waals surface area contributed by atoms with E-state index < -0.39 is 0 Å². The highest BCUT2D eigenvalue weighted by Gasteiger charge is 2.11. The summed E-state index contributed by atoms with van der Waals surface area (Å²) in [6.45, 7) is 0.573. The molecule has 0 bridgehead atoms. The van der Waals surface area contributed by atoms with Crippen molar-refractivity contribution >= 4 is 33.7 Å². The van der Waals surface area contributed by atoms with Crippen molar-refractivity contribution in [2.75, 3.05) is 12.3 Å². The molecule has 2 aromatic heterocycles. The summed E-state index contributed by atoms with van der Waals surface area (Å²) >= 11 is 2.89. The quantitative estimate of drug-likeness (QED) is 0.632. The average molecular weight is 359 g/mol. The number of anilines is 1. The summed E-state index contributed by atoms with van der Waals surface area (Å²) in [7, 11) is 0. The van der Waals surface area contributed by atoms with E-state index in [9.17, 15) is 4.79 Å². The van der Waals surface area contributed by atoms with Crippen molar-refractivity contribution in [2.24, 2.45) is 0 Å². The third-order valence-corrected chi connectivity index (χ3v) is 4.98. The molecule has 6 nitrogen and oxygen atoms in total. The molecule has 0 saturated heterocycles. The molecule has 1 amide bonds. The first kappa shape index (κ1) is 16.5. The Morgan fingerprint density at radius 2 is 2.00 bits per heavy atom. The van der Waals surface area contributed by atoms with Crippen LogP contribution in [-0.4, -0.2) is 27.6 Å². The van der Waals surface area contributed by atoms with Gasteiger partial charge in [0, 0.05) is 24.8 Å². The van der Waals surface area contributed by atoms with Crippen LogP contribution < -0.4 is 11.1 Å². The van der Waals surface area contributed by atoms with Crippen LogP contribution in [0, 0.1) is 0 Å². The number of aromatic nitrogens is 3. The summed E-state index contributed by atoms with van der Waals surface area (Å²) < 4.78 is 0. The summed E-state index contributed by atoms with van der Waals surface area (Å²) in [4.78, 5) is 16.5. The molecule has 3 N–H and O–H groups in total. The number of nitrogens with two attached hydrogens (primary N) is 1. The van der Waals surface area contributed by atoms with Crippen molar-refractivity contribution in [3.05, 3.63) is 57.0 Å². The van der Waals surface area contributed by atoms with Gasteiger partial charge in [0.25, 0.3) is 5.91 Å². The first-order valence-electron chi connectivity index (χ1n) is 7.55. The van der Waals surface area contributed by atoms with Crippen molar-refractivity contribution in [3.63, 3.8) is 0 Å². The molecule has 3 rings (SSSR count). The van der Waals surface area contributed by atoms with E-state index in [0.717, 1.165) is 29.3 Å². The van der Waals surface area contributed by atoms with Gasteiger partial charge in [-0.1, -0.05) is 41.7 Å². The van der Waals surface area contributed by atoms with Gasteiger partial charge in [-0.3, -0.25) is 4.79 Å². The van der Waals surface area contributed by atoms with E-state index in [0.29, 0.717) is 17.4 Å². The van der Waals surface area contributed by atoms with Gasteiger partial charge in [-0.25, -0.2) is 4.98 Å². The van der Waals surface area contributed by atoms with E-state index in [-0.39, 0.29) is 5.91 Å². The van der Waals surface area contributed by atoms with Gasteiger partial charge in [-0.2, -0.15) is 0 Å². The largest absolute Gasteiger partial charge is 0.374 e. The van der Waals surface area contributed by atoms with Gasteiger partial charge in [0.15, 0.2) is 0 Å². The third-order valence-electron chi connectivity index (χ3n) is 3.32. The molecule has 0 unspecified atom stereocenters. The predicted octanol–water partition coefficient (Wildman–Crippen LogP) is 2.53. The summed E-state index contributed by atoms with van der Waals surface area (Å²) in [6.07, 6.45) is 2.30. The Labute approximate surface area is 147 Å². The number of aryl methyl sites for hydroxylation is 1. The zero-order chi connectivity index (χ0) is 16.8. The fourth-order valence-electron chi connectivity index (χ4n) is 2.17. The maximum absolute atomic E-state index is 12.1. The topological polar surface area (TPSA) is 93.8 Å². The van der Waals surface area contributed by atoms with Gasteiger partial charge in [0.2, 0.25) is 5.13 Å². The number of rotatable bonds is 7. The Hall–Kier alpha value is -2.32. The van der Waals surface area contributed by atoms with Gasteiger partial charge in [-0.15, -0.1) is 21.5 Å². The number of carbonyl (C=O) groups is 1. The highest BCUT2D eigenvalue weighted by molar-refractivity contribution is 7.15. The van der Waals surface area contributed by atoms with Gasteiger partial charge in [0.05, 0.1) is 5.01 Å². The van der Waals surface area contributed by atoms with Gasteiger partial charge >= 0.3 is 0 Å². The summed E-state index contributed by atoms with van der Waals surface area (Å²) in [5.41, 5.74) is 7.20. The van der Waals surface area contributed by atoms with Crippen molar-refractivity contribution in [3.8, 4) is 0 Å². The Bertz CT molecular complexity index is 800. The molecule has 0 aliphatic carbocycles. The Balaban J connectivity index is 1.45. The molecule has 0 aliphatic rings. The molecular formula is C16H17N5OS2. The molecular weight excluding hydrogens is 342 g/mol. The molecule has 0 radical (unpaired) electrons. The number of nitrogens with zero attached hydrogens (tertiary/aromatic N) is 3. The normalized spacial score (nSPS) is 10.7. The van der Waals surface area contributed by atoms with Gasteiger partial charge in [0.1, 0.15) is 10.7 Å². The van der Waals surface area contributed by atoms with Crippen LogP contribution in [-0.2, 0) is 12.8 Å². The molecule has 2 heterocycles. The summed E-state index contributed by atoms with van der Waals surface area (Å²) in [5.74, 6) is -0.137. The number of carbonyl (C=O) groups excluding carboxylic acids is 1. The number of nitrogen functional groups attached to an aromatic ring is 1. The Kier molecular flexibility index (Phi) is 5.50. The summed E-state index contributed by atoms with van der Waals surface area (Å²) in [5, 5.41) is 14.7. The van der Waals surface area contributed by atoms with E-state index in [4.69, 9.17) is 5.73 Å². The van der Waals surface area contributed by atoms with Crippen molar-refractivity contribution in [1.82, 2.24) is 20.5 Å². The summed E-state index contributed by atoms with van der Waals surface area (Å²) in [6, 6.07) is 10.1. The SMILES string of the molecule is Nc1nnc(CCCNC(=O)c2csc(Cc3ccccc3)n2)s1. The number of nitrogens with one attached hydrogen (secondary N) is 1. The molecule has 24 heavy (non-hydrogen) atoms. The van der Waals surface area contributed by atoms with Crippen LogP contribution in [0.5, 0.6) is 0 Å². The zero-order valence-corrected chi connectivity index (χ0v) is 14.6. The molecule has 0 fully saturated rings. The fourth-order valence-corrected chi connectivity index (χ4v) is 3.63. The number of hydrogen-bond acceptors (Lipinski definition) is 7. The molecule has 1 aromatic carbocycles. The number of thiazole rings is 1. The lowest BCUT2D eigenvalue weighted by atomic mass is 10.2. The second kappa shape index (κ2) is 7.98. The Morgan fingerprint density at radius 3 is 2.75 bits per heavy atom. The first-order chi connectivity index (χ1) is 11.7. The lowest BCUT2D eigenvalue weighted by Gasteiger charge is -2.01.